The summed E-state index contributed by atoms with van der Waals surface area (Å²) in [6.07, 6.45) is 9.26. The number of thiophene rings is 1. The molecule has 1 aromatic heterocycles. The zero-order valence-corrected chi connectivity index (χ0v) is 11.9. The van der Waals surface area contributed by atoms with Gasteiger partial charge in [0.25, 0.3) is 0 Å². The van der Waals surface area contributed by atoms with Crippen molar-refractivity contribution in [2.75, 3.05) is 0 Å². The molecular weight excluding hydrogens is 236 g/mol. The highest BCUT2D eigenvalue weighted by Gasteiger charge is 2.23. The fourth-order valence-electron chi connectivity index (χ4n) is 2.40. The fourth-order valence-corrected chi connectivity index (χ4v) is 3.68. The Morgan fingerprint density at radius 1 is 1.17 bits per heavy atom. The molecule has 0 spiro atoms. The normalized spacial score (nSPS) is 22.4. The van der Waals surface area contributed by atoms with E-state index >= 15 is 0 Å². The van der Waals surface area contributed by atoms with Crippen molar-refractivity contribution in [2.24, 2.45) is 11.3 Å². The van der Waals surface area contributed by atoms with Gasteiger partial charge in [0.1, 0.15) is 0 Å². The molecule has 0 bridgehead atoms. The molecule has 1 heteroatoms. The quantitative estimate of drug-likeness (QED) is 0.728. The third-order valence-electron chi connectivity index (χ3n) is 4.07. The summed E-state index contributed by atoms with van der Waals surface area (Å²) < 4.78 is 2.80. The molecule has 92 valence electrons. The molecule has 1 heterocycles. The average Bonchev–Trinajstić information content (AvgIpc) is 2.57. The van der Waals surface area contributed by atoms with Crippen LogP contribution in [0.25, 0.3) is 22.2 Å². The Morgan fingerprint density at radius 3 is 2.72 bits per heavy atom. The minimum absolute atomic E-state index is 0.155. The van der Waals surface area contributed by atoms with Crippen molar-refractivity contribution in [3.05, 3.63) is 46.2 Å². The van der Waals surface area contributed by atoms with Crippen molar-refractivity contribution in [1.29, 1.82) is 0 Å². The van der Waals surface area contributed by atoms with Gasteiger partial charge in [0.05, 0.1) is 0 Å². The lowest BCUT2D eigenvalue weighted by molar-refractivity contribution is 0.410. The first-order chi connectivity index (χ1) is 8.60. The molecule has 0 radical (unpaired) electrons. The highest BCUT2D eigenvalue weighted by Crippen LogP contribution is 2.31. The first-order valence-electron chi connectivity index (χ1n) is 6.50. The summed E-state index contributed by atoms with van der Waals surface area (Å²) in [7, 11) is 0. The first kappa shape index (κ1) is 11.7. The van der Waals surface area contributed by atoms with Gasteiger partial charge in [-0.2, -0.15) is 0 Å². The molecule has 1 aliphatic carbocycles. The lowest BCUT2D eigenvalue weighted by atomic mass is 9.79. The third kappa shape index (κ3) is 1.74. The number of fused-ring (bicyclic) bond motifs is 3. The third-order valence-corrected chi connectivity index (χ3v) is 5.20. The largest absolute Gasteiger partial charge is 0.135 e. The summed E-state index contributed by atoms with van der Waals surface area (Å²) in [4.78, 5) is 0. The summed E-state index contributed by atoms with van der Waals surface area (Å²) in [6, 6.07) is 8.68. The zero-order valence-electron chi connectivity index (χ0n) is 11.1. The van der Waals surface area contributed by atoms with Crippen LogP contribution in [-0.4, -0.2) is 0 Å². The van der Waals surface area contributed by atoms with Crippen LogP contribution in [0.5, 0.6) is 0 Å². The molecular formula is C17H18S. The summed E-state index contributed by atoms with van der Waals surface area (Å²) in [5.41, 5.74) is 0.155. The number of allylic oxidation sites excluding steroid dienone is 2. The summed E-state index contributed by atoms with van der Waals surface area (Å²) >= 11 is 1.91. The van der Waals surface area contributed by atoms with Crippen LogP contribution >= 0.6 is 11.3 Å². The van der Waals surface area contributed by atoms with E-state index < -0.39 is 0 Å². The highest BCUT2D eigenvalue weighted by molar-refractivity contribution is 7.17. The van der Waals surface area contributed by atoms with Gasteiger partial charge in [-0.25, -0.2) is 0 Å². The van der Waals surface area contributed by atoms with Gasteiger partial charge in [-0.1, -0.05) is 63.3 Å². The van der Waals surface area contributed by atoms with Crippen LogP contribution in [-0.2, 0) is 0 Å². The topological polar surface area (TPSA) is 0 Å². The minimum Gasteiger partial charge on any atom is -0.135 e. The Balaban J connectivity index is 2.39. The molecule has 3 rings (SSSR count). The molecule has 2 aromatic rings. The van der Waals surface area contributed by atoms with Crippen molar-refractivity contribution in [2.45, 2.75) is 20.8 Å². The second-order valence-electron chi connectivity index (χ2n) is 5.57. The van der Waals surface area contributed by atoms with Crippen LogP contribution in [0, 0.1) is 11.3 Å². The molecule has 0 aliphatic heterocycles. The monoisotopic (exact) mass is 254 g/mol. The van der Waals surface area contributed by atoms with Crippen molar-refractivity contribution >= 4 is 33.6 Å². The first-order valence-corrected chi connectivity index (χ1v) is 7.32. The van der Waals surface area contributed by atoms with Gasteiger partial charge in [0.15, 0.2) is 0 Å². The van der Waals surface area contributed by atoms with E-state index in [1.165, 1.54) is 19.8 Å². The standard InChI is InChI=1S/C17H18S/c1-12(2)17(3)10-6-8-14-13-7-4-5-9-15(13)18-16(14)11-17/h4-12H,1-3H3. The van der Waals surface area contributed by atoms with Gasteiger partial charge in [0, 0.05) is 25.3 Å². The van der Waals surface area contributed by atoms with Crippen LogP contribution in [0.1, 0.15) is 20.8 Å². The van der Waals surface area contributed by atoms with Crippen LogP contribution in [0.2, 0.25) is 0 Å². The molecule has 0 N–H and O–H groups in total. The maximum absolute atomic E-state index is 2.44. The van der Waals surface area contributed by atoms with E-state index in [0.29, 0.717) is 5.92 Å². The van der Waals surface area contributed by atoms with Crippen LogP contribution in [0.3, 0.4) is 0 Å². The van der Waals surface area contributed by atoms with E-state index in [1.807, 2.05) is 11.3 Å². The summed E-state index contributed by atoms with van der Waals surface area (Å²) in [6.45, 7) is 6.90. The predicted molar refractivity (Wildman–Crippen MR) is 82.1 cm³/mol. The number of hydrogen-bond donors (Lipinski definition) is 0. The van der Waals surface area contributed by atoms with E-state index in [1.54, 1.807) is 0 Å². The van der Waals surface area contributed by atoms with Gasteiger partial charge >= 0.3 is 0 Å². The Morgan fingerprint density at radius 2 is 1.94 bits per heavy atom. The van der Waals surface area contributed by atoms with E-state index in [0.717, 1.165) is 0 Å². The molecule has 0 saturated carbocycles. The van der Waals surface area contributed by atoms with Crippen molar-refractivity contribution in [1.82, 2.24) is 0 Å². The maximum atomic E-state index is 2.44. The average molecular weight is 254 g/mol. The summed E-state index contributed by atoms with van der Waals surface area (Å²) in [5.74, 6) is 0.610. The van der Waals surface area contributed by atoms with Gasteiger partial charge in [-0.3, -0.25) is 0 Å². The number of benzene rings is 1. The molecule has 1 aromatic carbocycles. The van der Waals surface area contributed by atoms with Crippen molar-refractivity contribution in [3.8, 4) is 0 Å². The van der Waals surface area contributed by atoms with Gasteiger partial charge in [-0.05, 0) is 12.0 Å². The van der Waals surface area contributed by atoms with Crippen molar-refractivity contribution in [3.63, 3.8) is 0 Å². The number of hydrogen-bond acceptors (Lipinski definition) is 1. The molecule has 0 nitrogen and oxygen atoms in total. The lowest BCUT2D eigenvalue weighted by Crippen LogP contribution is -2.24. The van der Waals surface area contributed by atoms with E-state index in [4.69, 9.17) is 0 Å². The molecule has 1 unspecified atom stereocenters. The van der Waals surface area contributed by atoms with Crippen LogP contribution in [0.15, 0.2) is 36.4 Å². The Hall–Kier alpha value is -1.34. The molecule has 1 aliphatic rings. The molecule has 18 heavy (non-hydrogen) atoms. The van der Waals surface area contributed by atoms with Gasteiger partial charge < -0.3 is 0 Å². The highest BCUT2D eigenvalue weighted by atomic mass is 32.1. The zero-order chi connectivity index (χ0) is 12.8. The van der Waals surface area contributed by atoms with E-state index in [-0.39, 0.29) is 5.41 Å². The lowest BCUT2D eigenvalue weighted by Gasteiger charge is -2.26. The van der Waals surface area contributed by atoms with Crippen LogP contribution in [0.4, 0.5) is 0 Å². The van der Waals surface area contributed by atoms with Gasteiger partial charge in [-0.15, -0.1) is 11.3 Å². The Labute approximate surface area is 112 Å². The van der Waals surface area contributed by atoms with Crippen molar-refractivity contribution < 1.29 is 0 Å². The molecule has 0 amide bonds. The predicted octanol–water partition coefficient (Wildman–Crippen LogP) is 3.69. The van der Waals surface area contributed by atoms with E-state index in [2.05, 4.69) is 69.3 Å². The van der Waals surface area contributed by atoms with Crippen LogP contribution < -0.4 is 9.75 Å². The SMILES string of the molecule is CC(C)C1(C)C=CC=c2c(sc3ccccc23)=C1. The van der Waals surface area contributed by atoms with E-state index in [9.17, 15) is 0 Å². The molecule has 0 fully saturated rings. The minimum atomic E-state index is 0.155. The second-order valence-corrected chi connectivity index (χ2v) is 6.65. The van der Waals surface area contributed by atoms with Gasteiger partial charge in [0.2, 0.25) is 0 Å². The molecule has 1 atom stereocenters. The fraction of sp³-hybridized carbons (Fsp3) is 0.294. The smallest absolute Gasteiger partial charge is 0.0355 e. The number of rotatable bonds is 1. The Bertz CT molecular complexity index is 731. The Kier molecular flexibility index (Phi) is 2.67. The second kappa shape index (κ2) is 4.10. The summed E-state index contributed by atoms with van der Waals surface area (Å²) in [5, 5.41) is 2.77. The maximum Gasteiger partial charge on any atom is 0.0355 e. The molecule has 0 saturated heterocycles.